The molecule has 2 rings (SSSR count). The Hall–Kier alpha value is -2.67. The van der Waals surface area contributed by atoms with Crippen LogP contribution in [0.5, 0.6) is 0 Å². The maximum absolute atomic E-state index is 12.4. The molecule has 0 aliphatic rings. The van der Waals surface area contributed by atoms with E-state index in [2.05, 4.69) is 10.6 Å². The summed E-state index contributed by atoms with van der Waals surface area (Å²) in [6.45, 7) is 5.74. The molecule has 6 nitrogen and oxygen atoms in total. The Labute approximate surface area is 166 Å². The second-order valence-corrected chi connectivity index (χ2v) is 8.87. The molecule has 150 valence electrons. The molecule has 0 bridgehead atoms. The van der Waals surface area contributed by atoms with Gasteiger partial charge in [-0.15, -0.1) is 0 Å². The minimum absolute atomic E-state index is 0.0101. The zero-order valence-electron chi connectivity index (χ0n) is 16.4. The molecule has 0 unspecified atom stereocenters. The van der Waals surface area contributed by atoms with Gasteiger partial charge in [0, 0.05) is 12.5 Å². The fourth-order valence-electron chi connectivity index (χ4n) is 2.50. The first-order valence-corrected chi connectivity index (χ1v) is 10.9. The van der Waals surface area contributed by atoms with Gasteiger partial charge in [-0.2, -0.15) is 0 Å². The molecule has 0 spiro atoms. The SMILES string of the molecule is CC[C@H](C)NC(=O)c1ccccc1NC(=O)CCS(=O)(=O)c1ccc(C)cc1. The van der Waals surface area contributed by atoms with Crippen molar-refractivity contribution in [3.63, 3.8) is 0 Å². The lowest BCUT2D eigenvalue weighted by molar-refractivity contribution is -0.115. The van der Waals surface area contributed by atoms with Gasteiger partial charge in [-0.1, -0.05) is 36.8 Å². The van der Waals surface area contributed by atoms with Crippen molar-refractivity contribution >= 4 is 27.3 Å². The van der Waals surface area contributed by atoms with Crippen LogP contribution in [0.2, 0.25) is 0 Å². The highest BCUT2D eigenvalue weighted by atomic mass is 32.2. The van der Waals surface area contributed by atoms with Crippen molar-refractivity contribution in [3.8, 4) is 0 Å². The summed E-state index contributed by atoms with van der Waals surface area (Å²) in [5, 5.41) is 5.51. The maximum Gasteiger partial charge on any atom is 0.253 e. The molecule has 2 aromatic carbocycles. The van der Waals surface area contributed by atoms with E-state index in [0.29, 0.717) is 11.3 Å². The number of aryl methyl sites for hydroxylation is 1. The zero-order valence-corrected chi connectivity index (χ0v) is 17.2. The molecule has 0 radical (unpaired) electrons. The summed E-state index contributed by atoms with van der Waals surface area (Å²) in [4.78, 5) is 24.9. The summed E-state index contributed by atoms with van der Waals surface area (Å²) >= 11 is 0. The Balaban J connectivity index is 2.03. The topological polar surface area (TPSA) is 92.3 Å². The van der Waals surface area contributed by atoms with Crippen molar-refractivity contribution in [2.24, 2.45) is 0 Å². The summed E-state index contributed by atoms with van der Waals surface area (Å²) in [7, 11) is -3.55. The van der Waals surface area contributed by atoms with Gasteiger partial charge in [-0.25, -0.2) is 8.42 Å². The molecule has 0 saturated carbocycles. The monoisotopic (exact) mass is 402 g/mol. The van der Waals surface area contributed by atoms with E-state index in [1.807, 2.05) is 20.8 Å². The summed E-state index contributed by atoms with van der Waals surface area (Å²) in [6.07, 6.45) is 0.592. The standard InChI is InChI=1S/C21H26N2O4S/c1-4-16(3)22-21(25)18-7-5-6-8-19(18)23-20(24)13-14-28(26,27)17-11-9-15(2)10-12-17/h5-12,16H,4,13-14H2,1-3H3,(H,22,25)(H,23,24)/t16-/m0/s1. The number of nitrogens with one attached hydrogen (secondary N) is 2. The molecule has 2 N–H and O–H groups in total. The number of anilines is 1. The molecule has 0 aliphatic heterocycles. The first-order chi connectivity index (χ1) is 13.2. The average molecular weight is 403 g/mol. The third kappa shape index (κ3) is 5.92. The van der Waals surface area contributed by atoms with Crippen LogP contribution in [-0.4, -0.2) is 32.0 Å². The van der Waals surface area contributed by atoms with Crippen molar-refractivity contribution in [1.29, 1.82) is 0 Å². The molecule has 0 fully saturated rings. The molecular weight excluding hydrogens is 376 g/mol. The van der Waals surface area contributed by atoms with Crippen molar-refractivity contribution in [1.82, 2.24) is 5.32 Å². The Bertz CT molecular complexity index is 937. The average Bonchev–Trinajstić information content (AvgIpc) is 2.67. The van der Waals surface area contributed by atoms with E-state index >= 15 is 0 Å². The van der Waals surface area contributed by atoms with Crippen LogP contribution in [0.25, 0.3) is 0 Å². The third-order valence-corrected chi connectivity index (χ3v) is 6.15. The molecule has 0 heterocycles. The molecule has 2 aromatic rings. The number of benzene rings is 2. The van der Waals surface area contributed by atoms with Gasteiger partial charge in [0.2, 0.25) is 5.91 Å². The smallest absolute Gasteiger partial charge is 0.253 e. The largest absolute Gasteiger partial charge is 0.350 e. The lowest BCUT2D eigenvalue weighted by Gasteiger charge is -2.14. The van der Waals surface area contributed by atoms with E-state index in [1.165, 1.54) is 12.1 Å². The van der Waals surface area contributed by atoms with E-state index < -0.39 is 15.7 Å². The number of rotatable bonds is 8. The van der Waals surface area contributed by atoms with E-state index in [0.717, 1.165) is 12.0 Å². The highest BCUT2D eigenvalue weighted by Gasteiger charge is 2.18. The van der Waals surface area contributed by atoms with Gasteiger partial charge in [0.1, 0.15) is 0 Å². The summed E-state index contributed by atoms with van der Waals surface area (Å²) < 4.78 is 24.8. The van der Waals surface area contributed by atoms with Crippen molar-refractivity contribution in [2.75, 3.05) is 11.1 Å². The van der Waals surface area contributed by atoms with Crippen molar-refractivity contribution < 1.29 is 18.0 Å². The number of sulfone groups is 1. The fourth-order valence-corrected chi connectivity index (χ4v) is 3.74. The predicted molar refractivity (Wildman–Crippen MR) is 110 cm³/mol. The van der Waals surface area contributed by atoms with Crippen molar-refractivity contribution in [3.05, 3.63) is 59.7 Å². The Morgan fingerprint density at radius 3 is 2.32 bits per heavy atom. The minimum atomic E-state index is -3.55. The minimum Gasteiger partial charge on any atom is -0.350 e. The molecule has 7 heteroatoms. The second kappa shape index (κ2) is 9.50. The van der Waals surface area contributed by atoms with Crippen LogP contribution in [0, 0.1) is 6.92 Å². The van der Waals surface area contributed by atoms with Gasteiger partial charge in [0.15, 0.2) is 9.84 Å². The summed E-state index contributed by atoms with van der Waals surface area (Å²) in [5.74, 6) is -1.04. The van der Waals surface area contributed by atoms with Gasteiger partial charge >= 0.3 is 0 Å². The number of hydrogen-bond donors (Lipinski definition) is 2. The zero-order chi connectivity index (χ0) is 20.7. The number of amides is 2. The number of carbonyl (C=O) groups is 2. The number of carbonyl (C=O) groups excluding carboxylic acids is 2. The van der Waals surface area contributed by atoms with Gasteiger partial charge in [-0.05, 0) is 44.5 Å². The molecule has 0 aromatic heterocycles. The first-order valence-electron chi connectivity index (χ1n) is 9.22. The van der Waals surface area contributed by atoms with Crippen LogP contribution in [-0.2, 0) is 14.6 Å². The maximum atomic E-state index is 12.4. The van der Waals surface area contributed by atoms with E-state index in [1.54, 1.807) is 36.4 Å². The van der Waals surface area contributed by atoms with Gasteiger partial charge in [-0.3, -0.25) is 9.59 Å². The Kier molecular flexibility index (Phi) is 7.34. The Morgan fingerprint density at radius 2 is 1.68 bits per heavy atom. The Morgan fingerprint density at radius 1 is 1.04 bits per heavy atom. The highest BCUT2D eigenvalue weighted by Crippen LogP contribution is 2.17. The van der Waals surface area contributed by atoms with Gasteiger partial charge in [0.25, 0.3) is 5.91 Å². The highest BCUT2D eigenvalue weighted by molar-refractivity contribution is 7.91. The summed E-state index contributed by atoms with van der Waals surface area (Å²) in [6, 6.07) is 13.2. The lowest BCUT2D eigenvalue weighted by Crippen LogP contribution is -2.32. The van der Waals surface area contributed by atoms with Crippen LogP contribution in [0.4, 0.5) is 5.69 Å². The van der Waals surface area contributed by atoms with Gasteiger partial charge in [0.05, 0.1) is 21.9 Å². The van der Waals surface area contributed by atoms with Gasteiger partial charge < -0.3 is 10.6 Å². The van der Waals surface area contributed by atoms with E-state index in [-0.39, 0.29) is 29.0 Å². The van der Waals surface area contributed by atoms with E-state index in [4.69, 9.17) is 0 Å². The molecule has 0 saturated heterocycles. The van der Waals surface area contributed by atoms with Crippen LogP contribution in [0.15, 0.2) is 53.4 Å². The van der Waals surface area contributed by atoms with Crippen LogP contribution in [0.1, 0.15) is 42.6 Å². The quantitative estimate of drug-likeness (QED) is 0.708. The lowest BCUT2D eigenvalue weighted by atomic mass is 10.1. The number of hydrogen-bond acceptors (Lipinski definition) is 4. The van der Waals surface area contributed by atoms with Crippen LogP contribution < -0.4 is 10.6 Å². The fraction of sp³-hybridized carbons (Fsp3) is 0.333. The summed E-state index contributed by atoms with van der Waals surface area (Å²) in [5.41, 5.74) is 1.67. The molecule has 0 aliphatic carbocycles. The number of para-hydroxylation sites is 1. The van der Waals surface area contributed by atoms with E-state index in [9.17, 15) is 18.0 Å². The molecule has 1 atom stereocenters. The molecule has 28 heavy (non-hydrogen) atoms. The predicted octanol–water partition coefficient (Wildman–Crippen LogP) is 3.33. The second-order valence-electron chi connectivity index (χ2n) is 6.76. The van der Waals surface area contributed by atoms with Crippen LogP contribution in [0.3, 0.4) is 0 Å². The molecular formula is C21H26N2O4S. The molecule has 2 amide bonds. The van der Waals surface area contributed by atoms with Crippen molar-refractivity contribution in [2.45, 2.75) is 44.6 Å². The normalized spacial score (nSPS) is 12.2. The third-order valence-electron chi connectivity index (χ3n) is 4.41. The van der Waals surface area contributed by atoms with Crippen LogP contribution >= 0.6 is 0 Å². The first kappa shape index (κ1) is 21.6.